The number of carbonyl (C=O) groups is 4. The van der Waals surface area contributed by atoms with Crippen molar-refractivity contribution < 1.29 is 95.7 Å². The Morgan fingerprint density at radius 2 is 0.969 bits per heavy atom. The quantitative estimate of drug-likeness (QED) is 0.0194. The average Bonchev–Trinajstić information content (AvgIpc) is 3.18. The Morgan fingerprint density at radius 3 is 1.23 bits per heavy atom. The Kier molecular flexibility index (Phi) is 18.3. The van der Waals surface area contributed by atoms with E-state index in [9.17, 15) is 75.6 Å². The van der Waals surface area contributed by atoms with E-state index in [0.717, 1.165) is 62.4 Å². The maximum atomic E-state index is 12.6. The molecule has 0 bridgehead atoms. The number of hydrogen-bond acceptors (Lipinski definition) is 20. The van der Waals surface area contributed by atoms with E-state index in [-0.39, 0.29) is 66.4 Å². The van der Waals surface area contributed by atoms with Crippen LogP contribution in [0.25, 0.3) is 0 Å². The molecule has 0 heterocycles. The summed E-state index contributed by atoms with van der Waals surface area (Å²) >= 11 is 0. The third kappa shape index (κ3) is 14.2. The number of aryl methyl sites for hydroxylation is 2. The predicted molar refractivity (Wildman–Crippen MR) is 222 cm³/mol. The molecule has 4 aromatic carbocycles. The van der Waals surface area contributed by atoms with Crippen molar-refractivity contribution in [2.24, 2.45) is 20.5 Å². The van der Waals surface area contributed by atoms with Crippen molar-refractivity contribution in [3.05, 3.63) is 104 Å². The fourth-order valence-electron chi connectivity index (χ4n) is 4.96. The second kappa shape index (κ2) is 22.2. The van der Waals surface area contributed by atoms with Crippen LogP contribution in [0.1, 0.15) is 29.3 Å². The van der Waals surface area contributed by atoms with Gasteiger partial charge < -0.3 is 59.7 Å². The van der Waals surface area contributed by atoms with Gasteiger partial charge in [-0.1, -0.05) is 0 Å². The van der Waals surface area contributed by atoms with Gasteiger partial charge in [0.15, 0.2) is 0 Å². The Balaban J connectivity index is 0. The number of methoxy groups -OCH3 is 2. The molecule has 4 aromatic rings. The number of anilines is 2. The monoisotopic (exact) mass is 992 g/mol. The summed E-state index contributed by atoms with van der Waals surface area (Å²) in [5.41, 5.74) is -1.40. The zero-order chi connectivity index (χ0) is 48.4. The standard InChI is InChI=1S/2C18H17N4O9S.Co/c2*1-9-6-13(15(31-3)8-16(9)32(28,29)30)19-18(25)17(10(2)23)21-20-12-7-11(22(26)27)4-5-14(12)24;/h2*4-8,24H,1-3H3,(H,19,25)(H,28,29,30);/q2*-1;/p+3. The summed E-state index contributed by atoms with van der Waals surface area (Å²) in [7, 11) is -6.72. The van der Waals surface area contributed by atoms with Crippen molar-refractivity contribution in [3.63, 3.8) is 0 Å². The predicted octanol–water partition coefficient (Wildman–Crippen LogP) is 5.75. The van der Waals surface area contributed by atoms with E-state index in [4.69, 9.17) is 9.47 Å². The maximum absolute atomic E-state index is 12.6. The number of hydrogen-bond donors (Lipinski definition) is 6. The largest absolute Gasteiger partial charge is 1.00 e. The number of nitro groups is 2. The van der Waals surface area contributed by atoms with Gasteiger partial charge in [-0.3, -0.25) is 29.3 Å². The summed E-state index contributed by atoms with van der Waals surface area (Å²) in [6.07, 6.45) is 0. The third-order valence-electron chi connectivity index (χ3n) is 8.00. The molecule has 0 spiro atoms. The number of rotatable bonds is 16. The molecule has 0 aliphatic carbocycles. The molecule has 0 saturated heterocycles. The summed E-state index contributed by atoms with van der Waals surface area (Å²) in [5.74, 6) is -4.95. The first-order valence-electron chi connectivity index (χ1n) is 17.2. The van der Waals surface area contributed by atoms with Crippen LogP contribution in [0.2, 0.25) is 0 Å². The number of phenols is 2. The van der Waals surface area contributed by atoms with Gasteiger partial charge in [-0.05, 0) is 63.1 Å². The maximum Gasteiger partial charge on any atom is 1.00 e. The number of carbonyl (C=O) groups excluding carboxylic acids is 4. The van der Waals surface area contributed by atoms with Gasteiger partial charge in [-0.15, -0.1) is 12.1 Å². The first-order valence-corrected chi connectivity index (χ1v) is 20.1. The molecule has 6 N–H and O–H groups in total. The van der Waals surface area contributed by atoms with E-state index in [0.29, 0.717) is 0 Å². The molecule has 65 heavy (non-hydrogen) atoms. The molecular weight excluding hydrogens is 956 g/mol. The van der Waals surface area contributed by atoms with E-state index >= 15 is 0 Å². The summed E-state index contributed by atoms with van der Waals surface area (Å²) < 4.78 is 74.3. The molecule has 26 nitrogen and oxygen atoms in total. The Hall–Kier alpha value is -7.57. The van der Waals surface area contributed by atoms with Gasteiger partial charge in [0, 0.05) is 64.7 Å². The Morgan fingerprint density at radius 1 is 0.646 bits per heavy atom. The number of nitrogens with one attached hydrogen (secondary N) is 2. The van der Waals surface area contributed by atoms with E-state index in [1.165, 1.54) is 40.2 Å². The van der Waals surface area contributed by atoms with Gasteiger partial charge in [0.2, 0.25) is 0 Å². The van der Waals surface area contributed by atoms with Crippen LogP contribution in [0, 0.1) is 46.2 Å². The number of aromatic hydroxyl groups is 2. The van der Waals surface area contributed by atoms with Gasteiger partial charge >= 0.3 is 4.28 Å². The number of azo groups is 2. The van der Waals surface area contributed by atoms with Crippen LogP contribution >= 0.6 is 0 Å². The van der Waals surface area contributed by atoms with Crippen molar-refractivity contribution in [2.45, 2.75) is 37.5 Å². The second-order valence-corrected chi connectivity index (χ2v) is 15.3. The normalized spacial score (nSPS) is 11.1. The van der Waals surface area contributed by atoms with E-state index in [1.807, 2.05) is 0 Å². The van der Waals surface area contributed by atoms with Crippen LogP contribution in [0.3, 0.4) is 0 Å². The minimum atomic E-state index is -4.55. The molecule has 1 radical (unpaired) electrons. The van der Waals surface area contributed by atoms with Crippen molar-refractivity contribution in [1.82, 2.24) is 0 Å². The number of non-ortho nitro benzene ring substituents is 2. The molecular formula is C36H37CoN8O18S2+. The number of ether oxygens (including phenoxy) is 2. The van der Waals surface area contributed by atoms with Crippen LogP contribution in [0.5, 0.6) is 23.0 Å². The number of phenolic OH excluding ortho intramolecular Hbond substituents is 2. The van der Waals surface area contributed by atoms with Crippen molar-refractivity contribution in [1.29, 1.82) is 0 Å². The molecule has 349 valence electrons. The first-order chi connectivity index (χ1) is 29.7. The van der Waals surface area contributed by atoms with Crippen LogP contribution in [0.15, 0.2) is 90.9 Å². The van der Waals surface area contributed by atoms with E-state index in [1.54, 1.807) is 0 Å². The fourth-order valence-corrected chi connectivity index (χ4v) is 6.40. The first kappa shape index (κ1) is 53.6. The van der Waals surface area contributed by atoms with Crippen molar-refractivity contribution >= 4 is 77.7 Å². The third-order valence-corrected chi connectivity index (χ3v) is 9.99. The molecule has 0 fully saturated rings. The minimum absolute atomic E-state index is 0. The van der Waals surface area contributed by atoms with Crippen LogP contribution in [-0.4, -0.2) is 83.6 Å². The van der Waals surface area contributed by atoms with Gasteiger partial charge in [0.25, 0.3) is 31.6 Å². The summed E-state index contributed by atoms with van der Waals surface area (Å²) in [6, 6.07) is 8.79. The van der Waals surface area contributed by atoms with Crippen molar-refractivity contribution in [2.75, 3.05) is 24.9 Å². The topological polar surface area (TPSA) is 396 Å². The minimum Gasteiger partial charge on any atom is -0.506 e. The molecule has 0 atom stereocenters. The van der Waals surface area contributed by atoms with Crippen LogP contribution < -0.4 is 20.1 Å². The molecule has 29 heteroatoms. The smallest absolute Gasteiger partial charge is 0.506 e. The zero-order valence-corrected chi connectivity index (χ0v) is 36.8. The van der Waals surface area contributed by atoms with Crippen molar-refractivity contribution in [3.8, 4) is 23.0 Å². The van der Waals surface area contributed by atoms with E-state index < -0.39 is 98.2 Å². The number of ketones is 2. The van der Waals surface area contributed by atoms with Crippen LogP contribution in [0.4, 0.5) is 34.1 Å². The molecule has 2 amide bonds. The molecule has 0 aliphatic rings. The Labute approximate surface area is 382 Å². The molecule has 0 aromatic heterocycles. The molecule has 0 aliphatic heterocycles. The number of nitrogens with zero attached hydrogens (tertiary/aromatic N) is 6. The number of Topliss-reactive ketones (excluding diaryl/α,β-unsaturated/α-hetero) is 2. The summed E-state index contributed by atoms with van der Waals surface area (Å²) in [6.45, 7) is 4.76. The van der Waals surface area contributed by atoms with E-state index in [2.05, 4.69) is 31.1 Å². The Bertz CT molecular complexity index is 2670. The number of nitro benzene ring substituents is 2. The SMILES string of the molecule is COc1cc(S(=O)(=O)O)c(C)cc1NC(=O)[C-](N=Nc1cc([N+](=O)[O-])ccc1O)C(C)=O.COc1cc(S(=O)(=O)O)c(C)cc1NC(=O)[C-](N=Nc1cc([N+](=O)[O-])ccc1O)C(C)=O.[Co].[H+].[H+].[H+]. The second-order valence-electron chi connectivity index (χ2n) is 12.6. The molecule has 4 rings (SSSR count). The van der Waals surface area contributed by atoms with Gasteiger partial charge in [0.1, 0.15) is 56.0 Å². The number of amides is 2. The molecule has 0 saturated carbocycles. The zero-order valence-electron chi connectivity index (χ0n) is 37.1. The van der Waals surface area contributed by atoms with Gasteiger partial charge in [-0.25, -0.2) is 0 Å². The average molecular weight is 993 g/mol. The summed E-state index contributed by atoms with van der Waals surface area (Å²) in [4.78, 5) is 68.3. The summed E-state index contributed by atoms with van der Waals surface area (Å²) in [5, 5.41) is 60.0. The fraction of sp³-hybridized carbons (Fsp3) is 0.167. The molecule has 0 unspecified atom stereocenters. The van der Waals surface area contributed by atoms with Gasteiger partial charge in [-0.2, -0.15) is 27.1 Å². The number of benzene rings is 4. The van der Waals surface area contributed by atoms with Crippen LogP contribution in [-0.2, 0) is 56.2 Å². The van der Waals surface area contributed by atoms with Gasteiger partial charge in [0.05, 0.1) is 35.4 Å².